The van der Waals surface area contributed by atoms with Crippen molar-refractivity contribution in [2.45, 2.75) is 26.2 Å². The molecule has 0 saturated heterocycles. The summed E-state index contributed by atoms with van der Waals surface area (Å²) in [7, 11) is 0. The Hall–Kier alpha value is -2.09. The highest BCUT2D eigenvalue weighted by molar-refractivity contribution is 5.93. The van der Waals surface area contributed by atoms with E-state index < -0.39 is 0 Å². The number of carbonyl (C=O) groups is 1. The van der Waals surface area contributed by atoms with Gasteiger partial charge in [0.25, 0.3) is 0 Å². The van der Waals surface area contributed by atoms with Crippen LogP contribution in [0.5, 0.6) is 0 Å². The van der Waals surface area contributed by atoms with E-state index >= 15 is 0 Å². The molecule has 0 bridgehead atoms. The molecule has 1 heterocycles. The van der Waals surface area contributed by atoms with Gasteiger partial charge in [-0.25, -0.2) is 0 Å². The van der Waals surface area contributed by atoms with Crippen LogP contribution in [0.2, 0.25) is 0 Å². The molecule has 1 aromatic carbocycles. The van der Waals surface area contributed by atoms with Crippen LogP contribution in [0.15, 0.2) is 59.7 Å². The highest BCUT2D eigenvalue weighted by Crippen LogP contribution is 2.40. The van der Waals surface area contributed by atoms with E-state index in [1.807, 2.05) is 24.3 Å². The summed E-state index contributed by atoms with van der Waals surface area (Å²) in [6.45, 7) is 6.82. The van der Waals surface area contributed by atoms with E-state index in [0.29, 0.717) is 13.0 Å². The van der Waals surface area contributed by atoms with Crippen molar-refractivity contribution in [3.05, 3.63) is 65.3 Å². The lowest BCUT2D eigenvalue weighted by Gasteiger charge is -2.13. The number of hydrogen-bond acceptors (Lipinski definition) is 2. The topological polar surface area (TPSA) is 26.3 Å². The van der Waals surface area contributed by atoms with Crippen molar-refractivity contribution < 1.29 is 9.53 Å². The van der Waals surface area contributed by atoms with E-state index in [2.05, 4.69) is 25.6 Å². The largest absolute Gasteiger partial charge is 0.492 e. The summed E-state index contributed by atoms with van der Waals surface area (Å²) in [6, 6.07) is 10.2. The molecule has 1 aliphatic carbocycles. The summed E-state index contributed by atoms with van der Waals surface area (Å²) in [5.74, 6) is 1.48. The van der Waals surface area contributed by atoms with Crippen LogP contribution in [-0.2, 0) is 9.53 Å². The lowest BCUT2D eigenvalue weighted by molar-refractivity contribution is -0.114. The highest BCUT2D eigenvalue weighted by Gasteiger charge is 2.29. The van der Waals surface area contributed by atoms with Crippen molar-refractivity contribution in [2.75, 3.05) is 6.61 Å². The number of benzene rings is 1. The van der Waals surface area contributed by atoms with Gasteiger partial charge in [-0.05, 0) is 31.4 Å². The van der Waals surface area contributed by atoms with Crippen molar-refractivity contribution in [3.8, 4) is 0 Å². The Morgan fingerprint density at radius 3 is 2.67 bits per heavy atom. The Labute approximate surface area is 125 Å². The molecule has 1 aliphatic heterocycles. The maximum atomic E-state index is 11.5. The van der Waals surface area contributed by atoms with Crippen LogP contribution in [0.25, 0.3) is 5.76 Å². The molecule has 1 atom stereocenters. The molecule has 0 aromatic heterocycles. The van der Waals surface area contributed by atoms with E-state index in [1.165, 1.54) is 11.1 Å². The minimum atomic E-state index is 0.248. The Bertz CT molecular complexity index is 635. The molecule has 0 spiro atoms. The predicted molar refractivity (Wildman–Crippen MR) is 84.6 cm³/mol. The molecule has 21 heavy (non-hydrogen) atoms. The first kappa shape index (κ1) is 13.9. The molecule has 108 valence electrons. The van der Waals surface area contributed by atoms with Crippen molar-refractivity contribution >= 4 is 11.5 Å². The zero-order valence-corrected chi connectivity index (χ0v) is 12.4. The van der Waals surface area contributed by atoms with Crippen molar-refractivity contribution in [2.24, 2.45) is 5.92 Å². The van der Waals surface area contributed by atoms with Gasteiger partial charge in [-0.1, -0.05) is 48.1 Å². The van der Waals surface area contributed by atoms with Crippen molar-refractivity contribution in [1.29, 1.82) is 0 Å². The van der Waals surface area contributed by atoms with Crippen LogP contribution < -0.4 is 0 Å². The summed E-state index contributed by atoms with van der Waals surface area (Å²) in [5.41, 5.74) is 4.73. The second-order valence-electron chi connectivity index (χ2n) is 5.88. The van der Waals surface area contributed by atoms with Gasteiger partial charge in [0, 0.05) is 17.9 Å². The smallest absolute Gasteiger partial charge is 0.155 e. The monoisotopic (exact) mass is 280 g/mol. The number of rotatable bonds is 4. The number of allylic oxidation sites excluding steroid dienone is 2. The Balaban J connectivity index is 1.97. The Kier molecular flexibility index (Phi) is 3.78. The highest BCUT2D eigenvalue weighted by atomic mass is 16.5. The maximum Gasteiger partial charge on any atom is 0.155 e. The SMILES string of the molecule is C=C(C)C1COC(c2ccccc2)=C1CC1=CC(=O)CC1. The van der Waals surface area contributed by atoms with E-state index in [9.17, 15) is 4.79 Å². The molecule has 2 nitrogen and oxygen atoms in total. The van der Waals surface area contributed by atoms with Crippen LogP contribution in [0.3, 0.4) is 0 Å². The molecule has 0 radical (unpaired) electrons. The number of ether oxygens (including phenoxy) is 1. The minimum Gasteiger partial charge on any atom is -0.492 e. The summed E-state index contributed by atoms with van der Waals surface area (Å²) in [4.78, 5) is 11.5. The minimum absolute atomic E-state index is 0.248. The molecule has 0 amide bonds. The van der Waals surface area contributed by atoms with E-state index in [-0.39, 0.29) is 11.7 Å². The quantitative estimate of drug-likeness (QED) is 0.769. The number of ketones is 1. The van der Waals surface area contributed by atoms with Crippen LogP contribution in [-0.4, -0.2) is 12.4 Å². The zero-order valence-electron chi connectivity index (χ0n) is 12.4. The van der Waals surface area contributed by atoms with E-state index in [0.717, 1.165) is 29.7 Å². The average molecular weight is 280 g/mol. The molecular formula is C19H20O2. The van der Waals surface area contributed by atoms with Crippen molar-refractivity contribution in [1.82, 2.24) is 0 Å². The van der Waals surface area contributed by atoms with Crippen molar-refractivity contribution in [3.63, 3.8) is 0 Å². The van der Waals surface area contributed by atoms with Gasteiger partial charge in [-0.3, -0.25) is 4.79 Å². The standard InChI is InChI=1S/C19H20O2/c1-13(2)18-12-21-19(15-6-4-3-5-7-15)17(18)11-14-8-9-16(20)10-14/h3-7,10,18H,1,8-9,11-12H2,2H3. The van der Waals surface area contributed by atoms with Crippen LogP contribution in [0, 0.1) is 5.92 Å². The van der Waals surface area contributed by atoms with Gasteiger partial charge < -0.3 is 4.74 Å². The van der Waals surface area contributed by atoms with E-state index in [1.54, 1.807) is 0 Å². The fourth-order valence-corrected chi connectivity index (χ4v) is 3.06. The first-order valence-electron chi connectivity index (χ1n) is 7.44. The van der Waals surface area contributed by atoms with Crippen LogP contribution >= 0.6 is 0 Å². The Morgan fingerprint density at radius 2 is 2.05 bits per heavy atom. The molecule has 0 N–H and O–H groups in total. The number of hydrogen-bond donors (Lipinski definition) is 0. The lowest BCUT2D eigenvalue weighted by atomic mass is 9.88. The molecule has 1 unspecified atom stereocenters. The van der Waals surface area contributed by atoms with Crippen LogP contribution in [0.1, 0.15) is 31.7 Å². The molecule has 2 aliphatic rings. The second-order valence-corrected chi connectivity index (χ2v) is 5.88. The molecule has 1 aromatic rings. The van der Waals surface area contributed by atoms with Crippen LogP contribution in [0.4, 0.5) is 0 Å². The molecule has 2 heteroatoms. The lowest BCUT2D eigenvalue weighted by Crippen LogP contribution is -2.05. The second kappa shape index (κ2) is 5.72. The van der Waals surface area contributed by atoms with Gasteiger partial charge >= 0.3 is 0 Å². The fraction of sp³-hybridized carbons (Fsp3) is 0.316. The van der Waals surface area contributed by atoms with Gasteiger partial charge in [-0.2, -0.15) is 0 Å². The third-order valence-corrected chi connectivity index (χ3v) is 4.21. The third kappa shape index (κ3) is 2.85. The third-order valence-electron chi connectivity index (χ3n) is 4.21. The van der Waals surface area contributed by atoms with Gasteiger partial charge in [0.15, 0.2) is 5.78 Å². The Morgan fingerprint density at radius 1 is 1.29 bits per heavy atom. The van der Waals surface area contributed by atoms with E-state index in [4.69, 9.17) is 4.74 Å². The normalized spacial score (nSPS) is 21.5. The average Bonchev–Trinajstić information content (AvgIpc) is 3.07. The maximum absolute atomic E-state index is 11.5. The summed E-state index contributed by atoms with van der Waals surface area (Å²) in [6.07, 6.45) is 4.17. The molecular weight excluding hydrogens is 260 g/mol. The zero-order chi connectivity index (χ0) is 14.8. The van der Waals surface area contributed by atoms with Gasteiger partial charge in [0.2, 0.25) is 0 Å². The first-order chi connectivity index (χ1) is 10.1. The van der Waals surface area contributed by atoms with Gasteiger partial charge in [-0.15, -0.1) is 0 Å². The summed E-state index contributed by atoms with van der Waals surface area (Å²) in [5, 5.41) is 0. The predicted octanol–water partition coefficient (Wildman–Crippen LogP) is 4.30. The molecule has 3 rings (SSSR count). The van der Waals surface area contributed by atoms with Gasteiger partial charge in [0.05, 0.1) is 6.61 Å². The first-order valence-corrected chi connectivity index (χ1v) is 7.44. The summed E-state index contributed by atoms with van der Waals surface area (Å²) < 4.78 is 5.97. The van der Waals surface area contributed by atoms with Gasteiger partial charge in [0.1, 0.15) is 5.76 Å². The summed E-state index contributed by atoms with van der Waals surface area (Å²) >= 11 is 0. The fourth-order valence-electron chi connectivity index (χ4n) is 3.06. The number of carbonyl (C=O) groups excluding carboxylic acids is 1. The molecule has 0 saturated carbocycles. The molecule has 0 fully saturated rings.